The van der Waals surface area contributed by atoms with Crippen molar-refractivity contribution in [3.05, 3.63) is 41.6 Å². The zero-order valence-corrected chi connectivity index (χ0v) is 16.1. The molecule has 0 aromatic carbocycles. The van der Waals surface area contributed by atoms with Crippen LogP contribution in [0, 0.1) is 0 Å². The van der Waals surface area contributed by atoms with E-state index in [9.17, 15) is 0 Å². The number of aliphatic imine (C=N–C) groups is 2. The molecule has 6 heteroatoms. The highest BCUT2D eigenvalue weighted by molar-refractivity contribution is 6.70. The van der Waals surface area contributed by atoms with Gasteiger partial charge in [-0.15, -0.1) is 0 Å². The summed E-state index contributed by atoms with van der Waals surface area (Å²) in [6.45, 7) is 15.7. The lowest BCUT2D eigenvalue weighted by molar-refractivity contribution is -0.157. The summed E-state index contributed by atoms with van der Waals surface area (Å²) in [5.41, 5.74) is 2.20. The summed E-state index contributed by atoms with van der Waals surface area (Å²) in [5, 5.41) is 0.398. The molecule has 0 saturated carbocycles. The number of nitrogens with zero attached hydrogens (tertiary/aromatic N) is 3. The van der Waals surface area contributed by atoms with Gasteiger partial charge in [-0.3, -0.25) is 4.99 Å². The van der Waals surface area contributed by atoms with E-state index in [1.165, 1.54) is 0 Å². The second-order valence-electron chi connectivity index (χ2n) is 7.13. The first-order valence-corrected chi connectivity index (χ1v) is 8.59. The maximum atomic E-state index is 6.27. The molecular formula is C19H24ClN3O2. The van der Waals surface area contributed by atoms with E-state index < -0.39 is 11.4 Å². The predicted molar refractivity (Wildman–Crippen MR) is 102 cm³/mol. The van der Waals surface area contributed by atoms with Gasteiger partial charge >= 0.3 is 0 Å². The van der Waals surface area contributed by atoms with E-state index in [1.807, 2.05) is 37.6 Å². The van der Waals surface area contributed by atoms with Crippen LogP contribution in [0.15, 0.2) is 46.0 Å². The first-order chi connectivity index (χ1) is 11.6. The molecule has 2 heterocycles. The first kappa shape index (κ1) is 18.1. The Bertz CT molecular complexity index is 806. The van der Waals surface area contributed by atoms with Gasteiger partial charge in [-0.25, -0.2) is 4.99 Å². The van der Waals surface area contributed by atoms with Crippen LogP contribution in [0.25, 0.3) is 0 Å². The summed E-state index contributed by atoms with van der Waals surface area (Å²) in [6.07, 6.45) is 3.87. The van der Waals surface area contributed by atoms with Gasteiger partial charge in [-0.2, -0.15) is 0 Å². The Morgan fingerprint density at radius 3 is 2.60 bits per heavy atom. The van der Waals surface area contributed by atoms with E-state index >= 15 is 0 Å². The highest BCUT2D eigenvalue weighted by atomic mass is 35.5. The quantitative estimate of drug-likeness (QED) is 0.746. The van der Waals surface area contributed by atoms with Crippen molar-refractivity contribution < 1.29 is 9.47 Å². The minimum Gasteiger partial charge on any atom is -0.341 e. The molecule has 134 valence electrons. The van der Waals surface area contributed by atoms with E-state index in [-0.39, 0.29) is 12.1 Å². The summed E-state index contributed by atoms with van der Waals surface area (Å²) in [4.78, 5) is 8.24. The summed E-state index contributed by atoms with van der Waals surface area (Å²) in [5.74, 6) is -0.0112. The van der Waals surface area contributed by atoms with E-state index in [4.69, 9.17) is 21.1 Å². The summed E-state index contributed by atoms with van der Waals surface area (Å²) >= 11 is 6.22. The standard InChI is InChI=1S/C19H24ClN3O2/c1-11(2)13-10-14(15-19(13,5)25-18(3,4)24-15)23-9-8-12(16(20)21-6)17(23)22-7/h8-10,14-15H,1,7H2,2-6H3/t14-,15+,19-/m1/s1. The Balaban J connectivity index is 2.14. The minimum absolute atomic E-state index is 0.103. The zero-order chi connectivity index (χ0) is 18.6. The van der Waals surface area contributed by atoms with Crippen LogP contribution in [0.5, 0.6) is 0 Å². The molecule has 0 radical (unpaired) electrons. The van der Waals surface area contributed by atoms with Crippen LogP contribution in [-0.4, -0.2) is 41.0 Å². The van der Waals surface area contributed by atoms with Gasteiger partial charge in [0.05, 0.1) is 11.6 Å². The smallest absolute Gasteiger partial charge is 0.164 e. The number of ether oxygens (including phenoxy) is 2. The average Bonchev–Trinajstić information content (AvgIpc) is 3.12. The van der Waals surface area contributed by atoms with Crippen molar-refractivity contribution in [3.63, 3.8) is 0 Å². The number of aromatic nitrogens is 1. The topological polar surface area (TPSA) is 48.1 Å². The third kappa shape index (κ3) is 2.71. The molecule has 5 nitrogen and oxygen atoms in total. The van der Waals surface area contributed by atoms with Gasteiger partial charge < -0.3 is 14.0 Å². The van der Waals surface area contributed by atoms with Gasteiger partial charge in [0, 0.05) is 13.2 Å². The zero-order valence-electron chi connectivity index (χ0n) is 15.3. The molecule has 25 heavy (non-hydrogen) atoms. The molecule has 3 rings (SSSR count). The summed E-state index contributed by atoms with van der Waals surface area (Å²) < 4.78 is 14.5. The van der Waals surface area contributed by atoms with Gasteiger partial charge in [0.25, 0.3) is 0 Å². The second-order valence-corrected chi connectivity index (χ2v) is 7.49. The Hall–Kier alpha value is -1.69. The van der Waals surface area contributed by atoms with E-state index in [0.29, 0.717) is 11.0 Å². The van der Waals surface area contributed by atoms with Crippen molar-refractivity contribution >= 4 is 29.3 Å². The highest BCUT2D eigenvalue weighted by Crippen LogP contribution is 2.53. The van der Waals surface area contributed by atoms with Crippen LogP contribution in [-0.2, 0) is 9.47 Å². The van der Waals surface area contributed by atoms with Crippen molar-refractivity contribution in [3.8, 4) is 0 Å². The fourth-order valence-corrected chi connectivity index (χ4v) is 4.11. The van der Waals surface area contributed by atoms with Crippen molar-refractivity contribution in [2.24, 2.45) is 9.98 Å². The van der Waals surface area contributed by atoms with Crippen molar-refractivity contribution in [1.29, 1.82) is 0 Å². The molecule has 0 amide bonds. The van der Waals surface area contributed by atoms with Crippen molar-refractivity contribution in [2.75, 3.05) is 7.05 Å². The Morgan fingerprint density at radius 1 is 1.36 bits per heavy atom. The van der Waals surface area contributed by atoms with Crippen molar-refractivity contribution in [2.45, 2.75) is 51.2 Å². The van der Waals surface area contributed by atoms with Gasteiger partial charge in [0.2, 0.25) is 0 Å². The molecule has 1 aliphatic heterocycles. The molecule has 0 N–H and O–H groups in total. The van der Waals surface area contributed by atoms with Crippen LogP contribution < -0.4 is 0 Å². The van der Waals surface area contributed by atoms with Crippen LogP contribution in [0.2, 0.25) is 0 Å². The molecule has 1 aliphatic carbocycles. The van der Waals surface area contributed by atoms with Gasteiger partial charge in [-0.1, -0.05) is 29.8 Å². The third-order valence-corrected chi connectivity index (χ3v) is 5.20. The molecule has 2 aliphatic rings. The molecule has 1 aromatic heterocycles. The molecular weight excluding hydrogens is 338 g/mol. The number of hydrogen-bond donors (Lipinski definition) is 0. The first-order valence-electron chi connectivity index (χ1n) is 8.21. The monoisotopic (exact) mass is 361 g/mol. The maximum absolute atomic E-state index is 6.27. The summed E-state index contributed by atoms with van der Waals surface area (Å²) in [7, 11) is 1.65. The number of fused-ring (bicyclic) bond motifs is 1. The van der Waals surface area contributed by atoms with Gasteiger partial charge in [0.1, 0.15) is 22.7 Å². The molecule has 3 atom stereocenters. The van der Waals surface area contributed by atoms with Crippen LogP contribution in [0.3, 0.4) is 0 Å². The average molecular weight is 362 g/mol. The molecule has 0 spiro atoms. The number of halogens is 1. The Labute approximate surface area is 153 Å². The number of hydrogen-bond acceptors (Lipinski definition) is 4. The lowest BCUT2D eigenvalue weighted by Crippen LogP contribution is -2.38. The Morgan fingerprint density at radius 2 is 2.04 bits per heavy atom. The lowest BCUT2D eigenvalue weighted by Gasteiger charge is -2.28. The van der Waals surface area contributed by atoms with Gasteiger partial charge in [-0.05, 0) is 46.1 Å². The van der Waals surface area contributed by atoms with Crippen molar-refractivity contribution in [1.82, 2.24) is 4.57 Å². The fourth-order valence-electron chi connectivity index (χ4n) is 3.96. The van der Waals surface area contributed by atoms with Crippen LogP contribution in [0.4, 0.5) is 5.82 Å². The largest absolute Gasteiger partial charge is 0.341 e. The van der Waals surface area contributed by atoms with Gasteiger partial charge in [0.15, 0.2) is 5.79 Å². The Kier molecular flexibility index (Phi) is 4.30. The highest BCUT2D eigenvalue weighted by Gasteiger charge is 2.59. The third-order valence-electron chi connectivity index (χ3n) is 4.83. The molecule has 1 saturated heterocycles. The normalized spacial score (nSPS) is 31.0. The SMILES string of the molecule is C=Nc1c(C(Cl)=NC)ccn1[C@@H]1C=C(C(=C)C)[C@@]2(C)OC(C)(C)O[C@@H]12. The molecule has 1 fully saturated rings. The predicted octanol–water partition coefficient (Wildman–Crippen LogP) is 4.40. The second kappa shape index (κ2) is 5.94. The van der Waals surface area contributed by atoms with Crippen LogP contribution >= 0.6 is 11.6 Å². The van der Waals surface area contributed by atoms with E-state index in [1.54, 1.807) is 7.05 Å². The number of rotatable bonds is 4. The fraction of sp³-hybridized carbons (Fsp3) is 0.474. The minimum atomic E-state index is -0.674. The van der Waals surface area contributed by atoms with E-state index in [2.05, 4.69) is 36.3 Å². The lowest BCUT2D eigenvalue weighted by atomic mass is 9.91. The molecule has 0 bridgehead atoms. The maximum Gasteiger partial charge on any atom is 0.164 e. The van der Waals surface area contributed by atoms with E-state index in [0.717, 1.165) is 16.7 Å². The summed E-state index contributed by atoms with van der Waals surface area (Å²) in [6, 6.07) is 1.79. The molecule has 0 unspecified atom stereocenters. The van der Waals surface area contributed by atoms with Crippen LogP contribution in [0.1, 0.15) is 39.3 Å². The molecule has 1 aromatic rings.